The molecule has 2 N–H and O–H groups in total. The van der Waals surface area contributed by atoms with Gasteiger partial charge in [0.25, 0.3) is 0 Å². The summed E-state index contributed by atoms with van der Waals surface area (Å²) in [7, 11) is 0. The van der Waals surface area contributed by atoms with Gasteiger partial charge < -0.3 is 9.84 Å². The van der Waals surface area contributed by atoms with Crippen molar-refractivity contribution in [2.75, 3.05) is 6.61 Å². The van der Waals surface area contributed by atoms with Gasteiger partial charge in [-0.3, -0.25) is 14.9 Å². The number of carboxylic acids is 1. The first kappa shape index (κ1) is 16.3. The summed E-state index contributed by atoms with van der Waals surface area (Å²) in [6.07, 6.45) is 1.66. The highest BCUT2D eigenvalue weighted by Gasteiger charge is 2.33. The lowest BCUT2D eigenvalue weighted by Gasteiger charge is -2.31. The van der Waals surface area contributed by atoms with Crippen LogP contribution in [0.3, 0.4) is 0 Å². The van der Waals surface area contributed by atoms with Crippen LogP contribution in [0.25, 0.3) is 0 Å². The van der Waals surface area contributed by atoms with Crippen molar-refractivity contribution in [1.82, 2.24) is 5.32 Å². The number of carbonyl (C=O) groups excluding carboxylic acids is 1. The molecule has 0 unspecified atom stereocenters. The Morgan fingerprint density at radius 1 is 1.45 bits per heavy atom. The van der Waals surface area contributed by atoms with Crippen molar-refractivity contribution in [3.05, 3.63) is 35.9 Å². The average molecular weight is 279 g/mol. The van der Waals surface area contributed by atoms with Gasteiger partial charge in [0.1, 0.15) is 6.04 Å². The van der Waals surface area contributed by atoms with E-state index in [-0.39, 0.29) is 0 Å². The van der Waals surface area contributed by atoms with Crippen molar-refractivity contribution in [1.29, 1.82) is 0 Å². The predicted octanol–water partition coefficient (Wildman–Crippen LogP) is 1.61. The lowest BCUT2D eigenvalue weighted by atomic mass is 10.0. The van der Waals surface area contributed by atoms with Crippen molar-refractivity contribution < 1.29 is 19.4 Å². The molecular weight excluding hydrogens is 258 g/mol. The van der Waals surface area contributed by atoms with Crippen LogP contribution in [-0.2, 0) is 20.7 Å². The van der Waals surface area contributed by atoms with Crippen LogP contribution in [0.15, 0.2) is 30.3 Å². The summed E-state index contributed by atoms with van der Waals surface area (Å²) < 4.78 is 5.48. The normalized spacial score (nSPS) is 15.3. The van der Waals surface area contributed by atoms with Gasteiger partial charge >= 0.3 is 5.97 Å². The summed E-state index contributed by atoms with van der Waals surface area (Å²) in [5, 5.41) is 11.7. The number of carboxylic acid groups (broad SMARTS) is 1. The molecule has 0 amide bonds. The highest BCUT2D eigenvalue weighted by molar-refractivity contribution is 5.74. The number of rotatable bonds is 9. The molecule has 0 saturated carbocycles. The van der Waals surface area contributed by atoms with Crippen molar-refractivity contribution in [3.63, 3.8) is 0 Å². The Morgan fingerprint density at radius 2 is 2.10 bits per heavy atom. The quantitative estimate of drug-likeness (QED) is 0.530. The summed E-state index contributed by atoms with van der Waals surface area (Å²) in [5.41, 5.74) is -0.189. The summed E-state index contributed by atoms with van der Waals surface area (Å²) in [5.74, 6) is -1.02. The van der Waals surface area contributed by atoms with Gasteiger partial charge in [-0.05, 0) is 25.8 Å². The lowest BCUT2D eigenvalue weighted by Crippen LogP contribution is -2.55. The Balaban J connectivity index is 2.76. The molecule has 1 aromatic rings. The van der Waals surface area contributed by atoms with Crippen molar-refractivity contribution in [2.45, 2.75) is 38.5 Å². The number of hydrogen-bond donors (Lipinski definition) is 2. The van der Waals surface area contributed by atoms with Gasteiger partial charge in [-0.2, -0.15) is 0 Å². The van der Waals surface area contributed by atoms with Crippen LogP contribution in [0.2, 0.25) is 0 Å². The summed E-state index contributed by atoms with van der Waals surface area (Å²) in [6.45, 7) is 3.59. The smallest absolute Gasteiger partial charge is 0.320 e. The maximum atomic E-state index is 11.4. The van der Waals surface area contributed by atoms with E-state index < -0.39 is 17.7 Å². The number of ether oxygens (including phenoxy) is 1. The lowest BCUT2D eigenvalue weighted by molar-refractivity contribution is -0.148. The maximum absolute atomic E-state index is 11.4. The molecule has 5 nitrogen and oxygen atoms in total. The Labute approximate surface area is 118 Å². The van der Waals surface area contributed by atoms with Crippen LogP contribution in [0.1, 0.15) is 25.8 Å². The van der Waals surface area contributed by atoms with E-state index in [2.05, 4.69) is 5.32 Å². The van der Waals surface area contributed by atoms with E-state index in [1.807, 2.05) is 30.3 Å². The first-order chi connectivity index (χ1) is 9.53. The molecule has 0 bridgehead atoms. The van der Waals surface area contributed by atoms with Gasteiger partial charge in [0.05, 0.1) is 0 Å². The van der Waals surface area contributed by atoms with Gasteiger partial charge in [0, 0.05) is 13.0 Å². The number of carbonyl (C=O) groups is 2. The maximum Gasteiger partial charge on any atom is 0.320 e. The molecule has 0 radical (unpaired) electrons. The second-order valence-electron chi connectivity index (χ2n) is 4.63. The van der Waals surface area contributed by atoms with Crippen molar-refractivity contribution in [2.24, 2.45) is 0 Å². The van der Waals surface area contributed by atoms with Crippen molar-refractivity contribution >= 4 is 12.3 Å². The first-order valence-electron chi connectivity index (χ1n) is 6.67. The third kappa shape index (κ3) is 4.75. The molecule has 20 heavy (non-hydrogen) atoms. The topological polar surface area (TPSA) is 75.6 Å². The molecule has 5 heteroatoms. The molecule has 0 fully saturated rings. The number of aryl methyl sites for hydroxylation is 1. The number of hydrogen-bond acceptors (Lipinski definition) is 4. The zero-order chi connectivity index (χ0) is 15.0. The van der Waals surface area contributed by atoms with Crippen LogP contribution in [0.5, 0.6) is 0 Å². The summed E-state index contributed by atoms with van der Waals surface area (Å²) >= 11 is 0. The monoisotopic (exact) mass is 279 g/mol. The molecule has 0 aromatic heterocycles. The molecule has 1 rings (SSSR count). The molecular formula is C15H21NO4. The van der Waals surface area contributed by atoms with E-state index in [0.717, 1.165) is 5.56 Å². The third-order valence-electron chi connectivity index (χ3n) is 3.05. The van der Waals surface area contributed by atoms with E-state index >= 15 is 0 Å². The molecule has 0 heterocycles. The molecule has 0 spiro atoms. The predicted molar refractivity (Wildman–Crippen MR) is 75.4 cm³/mol. The van der Waals surface area contributed by atoms with Crippen LogP contribution in [-0.4, -0.2) is 35.7 Å². The van der Waals surface area contributed by atoms with E-state index in [1.165, 1.54) is 6.92 Å². The summed E-state index contributed by atoms with van der Waals surface area (Å²) in [4.78, 5) is 22.4. The average Bonchev–Trinajstić information content (AvgIpc) is 2.46. The molecule has 2 atom stereocenters. The Morgan fingerprint density at radius 3 is 2.60 bits per heavy atom. The largest absolute Gasteiger partial charge is 0.480 e. The minimum Gasteiger partial charge on any atom is -0.480 e. The summed E-state index contributed by atoms with van der Waals surface area (Å²) in [6, 6.07) is 8.83. The third-order valence-corrected chi connectivity index (χ3v) is 3.05. The van der Waals surface area contributed by atoms with Gasteiger partial charge in [-0.1, -0.05) is 30.3 Å². The fourth-order valence-corrected chi connectivity index (χ4v) is 1.97. The highest BCUT2D eigenvalue weighted by Crippen LogP contribution is 2.15. The SMILES string of the molecule is CCO[C@](C=O)(CCc1ccccc1)N[C@@H](C)C(=O)O. The molecule has 0 aliphatic carbocycles. The van der Waals surface area contributed by atoms with Crippen LogP contribution < -0.4 is 5.32 Å². The zero-order valence-corrected chi connectivity index (χ0v) is 11.8. The van der Waals surface area contributed by atoms with E-state index in [9.17, 15) is 9.59 Å². The minimum atomic E-state index is -1.26. The number of nitrogens with one attached hydrogen (secondary N) is 1. The van der Waals surface area contributed by atoms with Gasteiger partial charge in [-0.25, -0.2) is 0 Å². The molecule has 1 aromatic carbocycles. The van der Waals surface area contributed by atoms with Crippen LogP contribution in [0, 0.1) is 0 Å². The Bertz CT molecular complexity index is 435. The van der Waals surface area contributed by atoms with Crippen LogP contribution >= 0.6 is 0 Å². The van der Waals surface area contributed by atoms with E-state index in [0.29, 0.717) is 25.7 Å². The van der Waals surface area contributed by atoms with E-state index in [4.69, 9.17) is 9.84 Å². The standard InChI is InChI=1S/C15H21NO4/c1-3-20-15(11-17,16-12(2)14(18)19)10-9-13-7-5-4-6-8-13/h4-8,11-12,16H,3,9-10H2,1-2H3,(H,18,19)/t12-,15-/m0/s1. The van der Waals surface area contributed by atoms with Gasteiger partial charge in [-0.15, -0.1) is 0 Å². The van der Waals surface area contributed by atoms with Crippen molar-refractivity contribution in [3.8, 4) is 0 Å². The second kappa shape index (κ2) is 7.77. The first-order valence-corrected chi connectivity index (χ1v) is 6.67. The zero-order valence-electron chi connectivity index (χ0n) is 11.8. The minimum absolute atomic E-state index is 0.326. The number of aliphatic carboxylic acids is 1. The van der Waals surface area contributed by atoms with Crippen LogP contribution in [0.4, 0.5) is 0 Å². The number of aldehydes is 1. The molecule has 0 saturated heterocycles. The van der Waals surface area contributed by atoms with E-state index in [1.54, 1.807) is 6.92 Å². The molecule has 0 aliphatic heterocycles. The molecule has 0 aliphatic rings. The molecule has 110 valence electrons. The Kier molecular flexibility index (Phi) is 6.35. The number of benzene rings is 1. The van der Waals surface area contributed by atoms with Gasteiger partial charge in [0.15, 0.2) is 12.0 Å². The van der Waals surface area contributed by atoms with Gasteiger partial charge in [0.2, 0.25) is 0 Å². The highest BCUT2D eigenvalue weighted by atomic mass is 16.5. The fourth-order valence-electron chi connectivity index (χ4n) is 1.97. The second-order valence-corrected chi connectivity index (χ2v) is 4.63. The Hall–Kier alpha value is -1.72. The fraction of sp³-hybridized carbons (Fsp3) is 0.467.